The molecule has 0 spiro atoms. The highest BCUT2D eigenvalue weighted by atomic mass is 32.2. The van der Waals surface area contributed by atoms with Crippen LogP contribution in [0.2, 0.25) is 0 Å². The zero-order valence-corrected chi connectivity index (χ0v) is 12.0. The van der Waals surface area contributed by atoms with E-state index in [1.807, 2.05) is 0 Å². The molecule has 0 aromatic heterocycles. The Balaban J connectivity index is 2.53. The Morgan fingerprint density at radius 3 is 2.71 bits per heavy atom. The van der Waals surface area contributed by atoms with Gasteiger partial charge >= 0.3 is 12.3 Å². The summed E-state index contributed by atoms with van der Waals surface area (Å²) in [7, 11) is 0. The van der Waals surface area contributed by atoms with Crippen LogP contribution < -0.4 is 4.90 Å². The highest BCUT2D eigenvalue weighted by molar-refractivity contribution is 7.91. The Kier molecular flexibility index (Phi) is 4.38. The van der Waals surface area contributed by atoms with E-state index in [-0.39, 0.29) is 24.2 Å². The van der Waals surface area contributed by atoms with Crippen LogP contribution in [0.25, 0.3) is 0 Å². The number of hydrogen-bond acceptors (Lipinski definition) is 2. The van der Waals surface area contributed by atoms with Gasteiger partial charge in [-0.05, 0) is 36.3 Å². The lowest BCUT2D eigenvalue weighted by Crippen LogP contribution is -2.37. The summed E-state index contributed by atoms with van der Waals surface area (Å²) >= 11 is -1.32. The van der Waals surface area contributed by atoms with Crippen molar-refractivity contribution in [2.24, 2.45) is 0 Å². The summed E-state index contributed by atoms with van der Waals surface area (Å²) in [5.41, 5.74) is -0.473. The quantitative estimate of drug-likeness (QED) is 0.849. The normalized spacial score (nSPS) is 20.0. The van der Waals surface area contributed by atoms with E-state index >= 15 is 0 Å². The topological polar surface area (TPSA) is 63.6 Å². The smallest absolute Gasteiger partial charge is 0.416 e. The van der Waals surface area contributed by atoms with Crippen molar-refractivity contribution in [1.29, 1.82) is 0 Å². The second-order valence-corrected chi connectivity index (χ2v) is 6.56. The predicted molar refractivity (Wildman–Crippen MR) is 72.9 cm³/mol. The zero-order valence-electron chi connectivity index (χ0n) is 11.2. The molecule has 1 N–H and O–H groups in total. The summed E-state index contributed by atoms with van der Waals surface area (Å²) < 4.78 is 50.5. The molecule has 8 heteroatoms. The Bertz CT molecular complexity index is 550. The second kappa shape index (κ2) is 5.76. The number of halogens is 3. The van der Waals surface area contributed by atoms with E-state index in [4.69, 9.17) is 5.11 Å². The SMILES string of the molecule is CC[S+]([O-])C1CCN(C(=O)O)c2ccc(C(F)(F)F)cc21. The van der Waals surface area contributed by atoms with Gasteiger partial charge in [-0.1, -0.05) is 0 Å². The highest BCUT2D eigenvalue weighted by Crippen LogP contribution is 2.42. The first-order valence-electron chi connectivity index (χ1n) is 6.34. The number of fused-ring (bicyclic) bond motifs is 1. The van der Waals surface area contributed by atoms with Crippen molar-refractivity contribution in [3.63, 3.8) is 0 Å². The number of benzene rings is 1. The Morgan fingerprint density at radius 1 is 1.52 bits per heavy atom. The van der Waals surface area contributed by atoms with Gasteiger partial charge in [0.2, 0.25) is 0 Å². The summed E-state index contributed by atoms with van der Waals surface area (Å²) in [4.78, 5) is 12.2. The maximum absolute atomic E-state index is 12.8. The molecule has 1 aromatic rings. The number of hydrogen-bond donors (Lipinski definition) is 1. The third-order valence-electron chi connectivity index (χ3n) is 3.44. The molecule has 1 aliphatic rings. The maximum atomic E-state index is 12.8. The molecule has 2 rings (SSSR count). The molecule has 2 unspecified atom stereocenters. The largest absolute Gasteiger partial charge is 0.616 e. The van der Waals surface area contributed by atoms with Gasteiger partial charge in [0.05, 0.1) is 11.3 Å². The number of carbonyl (C=O) groups is 1. The molecule has 1 aliphatic heterocycles. The second-order valence-electron chi connectivity index (χ2n) is 4.65. The lowest BCUT2D eigenvalue weighted by molar-refractivity contribution is -0.137. The molecule has 21 heavy (non-hydrogen) atoms. The van der Waals surface area contributed by atoms with Gasteiger partial charge in [0.1, 0.15) is 11.0 Å². The van der Waals surface area contributed by atoms with E-state index in [1.54, 1.807) is 6.92 Å². The molecule has 1 aromatic carbocycles. The standard InChI is InChI=1S/C13H14F3NO3S/c1-2-21(20)11-5-6-17(12(18)19)10-4-3-8(7-9(10)11)13(14,15)16/h3-4,7,11H,2,5-6H2,1H3,(H,18,19). The minimum atomic E-state index is -4.52. The number of rotatable bonds is 2. The summed E-state index contributed by atoms with van der Waals surface area (Å²) in [5, 5.41) is 8.56. The molecule has 0 saturated carbocycles. The van der Waals surface area contributed by atoms with Gasteiger partial charge in [-0.15, -0.1) is 0 Å². The average molecular weight is 321 g/mol. The molecule has 0 saturated heterocycles. The molecular weight excluding hydrogens is 307 g/mol. The van der Waals surface area contributed by atoms with Crippen molar-refractivity contribution in [1.82, 2.24) is 0 Å². The molecule has 116 valence electrons. The van der Waals surface area contributed by atoms with Gasteiger partial charge in [0.15, 0.2) is 0 Å². The fourth-order valence-electron chi connectivity index (χ4n) is 2.43. The summed E-state index contributed by atoms with van der Waals surface area (Å²) in [5.74, 6) is 0.313. The van der Waals surface area contributed by atoms with E-state index in [0.29, 0.717) is 5.75 Å². The van der Waals surface area contributed by atoms with E-state index in [0.717, 1.165) is 23.1 Å². The van der Waals surface area contributed by atoms with Crippen LogP contribution in [0.15, 0.2) is 18.2 Å². The molecule has 4 nitrogen and oxygen atoms in total. The van der Waals surface area contributed by atoms with Gasteiger partial charge in [-0.3, -0.25) is 4.90 Å². The fraction of sp³-hybridized carbons (Fsp3) is 0.462. The minimum absolute atomic E-state index is 0.129. The molecule has 2 atom stereocenters. The van der Waals surface area contributed by atoms with Crippen LogP contribution >= 0.6 is 0 Å². The number of nitrogens with zero attached hydrogens (tertiary/aromatic N) is 1. The number of carboxylic acid groups (broad SMARTS) is 1. The van der Waals surface area contributed by atoms with Crippen LogP contribution in [0.1, 0.15) is 29.7 Å². The van der Waals surface area contributed by atoms with E-state index in [1.165, 1.54) is 0 Å². The molecule has 0 fully saturated rings. The lowest BCUT2D eigenvalue weighted by atomic mass is 9.98. The first kappa shape index (κ1) is 16.0. The molecule has 1 heterocycles. The molecule has 0 aliphatic carbocycles. The van der Waals surface area contributed by atoms with Gasteiger partial charge in [0, 0.05) is 18.5 Å². The van der Waals surface area contributed by atoms with Gasteiger partial charge in [-0.2, -0.15) is 13.2 Å². The van der Waals surface area contributed by atoms with E-state index in [9.17, 15) is 22.5 Å². The Labute approximate surface area is 122 Å². The van der Waals surface area contributed by atoms with Crippen molar-refractivity contribution in [3.8, 4) is 0 Å². The van der Waals surface area contributed by atoms with Crippen molar-refractivity contribution >= 4 is 23.0 Å². The Hall–Kier alpha value is -1.41. The number of alkyl halides is 3. The van der Waals surface area contributed by atoms with Crippen LogP contribution in [0.5, 0.6) is 0 Å². The highest BCUT2D eigenvalue weighted by Gasteiger charge is 2.38. The van der Waals surface area contributed by atoms with Crippen molar-refractivity contribution < 1.29 is 27.6 Å². The third-order valence-corrected chi connectivity index (χ3v) is 5.13. The van der Waals surface area contributed by atoms with Crippen LogP contribution in [-0.4, -0.2) is 28.1 Å². The maximum Gasteiger partial charge on any atom is 0.416 e. The van der Waals surface area contributed by atoms with Gasteiger partial charge in [0.25, 0.3) is 0 Å². The molecule has 0 radical (unpaired) electrons. The monoisotopic (exact) mass is 321 g/mol. The minimum Gasteiger partial charge on any atom is -0.616 e. The van der Waals surface area contributed by atoms with E-state index in [2.05, 4.69) is 0 Å². The third kappa shape index (κ3) is 3.11. The summed E-state index contributed by atoms with van der Waals surface area (Å²) in [6.45, 7) is 1.82. The summed E-state index contributed by atoms with van der Waals surface area (Å²) in [6, 6.07) is 2.92. The summed E-state index contributed by atoms with van der Waals surface area (Å²) in [6.07, 6.45) is -5.49. The van der Waals surface area contributed by atoms with Crippen LogP contribution in [0, 0.1) is 0 Å². The van der Waals surface area contributed by atoms with E-state index < -0.39 is 34.3 Å². The molecule has 0 bridgehead atoms. The van der Waals surface area contributed by atoms with Crippen molar-refractivity contribution in [2.45, 2.75) is 24.8 Å². The predicted octanol–water partition coefficient (Wildman–Crippen LogP) is 3.40. The van der Waals surface area contributed by atoms with Gasteiger partial charge in [-0.25, -0.2) is 4.79 Å². The fourth-order valence-corrected chi connectivity index (χ4v) is 3.67. The lowest BCUT2D eigenvalue weighted by Gasteiger charge is -2.33. The van der Waals surface area contributed by atoms with Gasteiger partial charge < -0.3 is 9.66 Å². The first-order chi connectivity index (χ1) is 9.75. The van der Waals surface area contributed by atoms with Crippen LogP contribution in [0.4, 0.5) is 23.7 Å². The molecule has 1 amide bonds. The van der Waals surface area contributed by atoms with Crippen molar-refractivity contribution in [2.75, 3.05) is 17.2 Å². The Morgan fingerprint density at radius 2 is 2.19 bits per heavy atom. The number of anilines is 1. The van der Waals surface area contributed by atoms with Crippen LogP contribution in [0.3, 0.4) is 0 Å². The average Bonchev–Trinajstić information content (AvgIpc) is 2.43. The number of amides is 1. The molecular formula is C13H14F3NO3S. The first-order valence-corrected chi connectivity index (χ1v) is 7.72. The zero-order chi connectivity index (χ0) is 15.8. The van der Waals surface area contributed by atoms with Crippen molar-refractivity contribution in [3.05, 3.63) is 29.3 Å². The van der Waals surface area contributed by atoms with Crippen LogP contribution in [-0.2, 0) is 17.4 Å².